The number of aromatic amines is 1. The molecule has 3 aromatic rings. The van der Waals surface area contributed by atoms with E-state index in [0.717, 1.165) is 11.3 Å². The molecular weight excluding hydrogens is 422 g/mol. The van der Waals surface area contributed by atoms with Crippen molar-refractivity contribution in [1.82, 2.24) is 20.7 Å². The van der Waals surface area contributed by atoms with Gasteiger partial charge in [0.15, 0.2) is 0 Å². The maximum absolute atomic E-state index is 12.7. The van der Waals surface area contributed by atoms with Crippen molar-refractivity contribution in [2.24, 2.45) is 5.10 Å². The number of H-pyrrole nitrogens is 1. The number of hydrogen-bond acceptors (Lipinski definition) is 6. The highest BCUT2D eigenvalue weighted by Crippen LogP contribution is 2.20. The highest BCUT2D eigenvalue weighted by Gasteiger charge is 2.25. The number of hydrogen-bond donors (Lipinski definition) is 3. The van der Waals surface area contributed by atoms with Gasteiger partial charge in [0, 0.05) is 18.3 Å². The molecule has 3 N–H and O–H groups in total. The van der Waals surface area contributed by atoms with Crippen LogP contribution in [0.4, 0.5) is 4.79 Å². The van der Waals surface area contributed by atoms with Crippen molar-refractivity contribution in [2.75, 3.05) is 0 Å². The molecule has 0 saturated heterocycles. The van der Waals surface area contributed by atoms with E-state index in [0.29, 0.717) is 11.4 Å². The summed E-state index contributed by atoms with van der Waals surface area (Å²) in [6.45, 7) is 5.24. The minimum Gasteiger partial charge on any atom is -0.457 e. The van der Waals surface area contributed by atoms with Crippen molar-refractivity contribution >= 4 is 18.2 Å². The van der Waals surface area contributed by atoms with E-state index in [1.807, 2.05) is 42.5 Å². The van der Waals surface area contributed by atoms with Crippen molar-refractivity contribution in [3.8, 4) is 11.5 Å². The van der Waals surface area contributed by atoms with E-state index >= 15 is 0 Å². The molecule has 2 aromatic carbocycles. The highest BCUT2D eigenvalue weighted by molar-refractivity contribution is 5.87. The fourth-order valence-electron chi connectivity index (χ4n) is 2.77. The Morgan fingerprint density at radius 2 is 1.79 bits per heavy atom. The first kappa shape index (κ1) is 23.5. The Labute approximate surface area is 192 Å². The molecule has 0 aliphatic heterocycles. The van der Waals surface area contributed by atoms with Crippen LogP contribution in [-0.4, -0.2) is 39.8 Å². The topological polar surface area (TPSA) is 118 Å². The van der Waals surface area contributed by atoms with Gasteiger partial charge in [0.2, 0.25) is 0 Å². The molecule has 1 heterocycles. The molecule has 0 bridgehead atoms. The molecule has 0 aliphatic carbocycles. The number of imidazole rings is 1. The maximum Gasteiger partial charge on any atom is 0.408 e. The number of carbonyl (C=O) groups is 2. The molecule has 9 heteroatoms. The molecule has 0 spiro atoms. The third-order valence-electron chi connectivity index (χ3n) is 4.23. The third kappa shape index (κ3) is 8.13. The molecule has 1 aromatic heterocycles. The second-order valence-electron chi connectivity index (χ2n) is 8.20. The van der Waals surface area contributed by atoms with Crippen molar-refractivity contribution in [3.63, 3.8) is 0 Å². The molecule has 0 fully saturated rings. The fraction of sp³-hybridized carbons (Fsp3) is 0.250. The van der Waals surface area contributed by atoms with Gasteiger partial charge in [-0.1, -0.05) is 18.2 Å². The fourth-order valence-corrected chi connectivity index (χ4v) is 2.77. The second kappa shape index (κ2) is 10.9. The molecule has 0 radical (unpaired) electrons. The average Bonchev–Trinajstić information content (AvgIpc) is 3.27. The van der Waals surface area contributed by atoms with E-state index < -0.39 is 23.6 Å². The van der Waals surface area contributed by atoms with Gasteiger partial charge in [-0.15, -0.1) is 0 Å². The number of rotatable bonds is 8. The van der Waals surface area contributed by atoms with E-state index in [1.165, 1.54) is 12.5 Å². The van der Waals surface area contributed by atoms with E-state index in [4.69, 9.17) is 9.47 Å². The molecule has 0 aliphatic rings. The highest BCUT2D eigenvalue weighted by atomic mass is 16.6. The van der Waals surface area contributed by atoms with Gasteiger partial charge < -0.3 is 19.8 Å². The van der Waals surface area contributed by atoms with E-state index in [1.54, 1.807) is 39.1 Å². The SMILES string of the molecule is CC(C)(C)OC(=O)NC(Cc1cnc[nH]1)C(=O)NN=Cc1ccc(Oc2ccccc2)cc1. The normalized spacial score (nSPS) is 12.2. The number of nitrogens with one attached hydrogen (secondary N) is 3. The summed E-state index contributed by atoms with van der Waals surface area (Å²) in [5.74, 6) is 0.936. The second-order valence-corrected chi connectivity index (χ2v) is 8.20. The lowest BCUT2D eigenvalue weighted by molar-refractivity contribution is -0.123. The number of amides is 2. The van der Waals surface area contributed by atoms with Gasteiger partial charge in [-0.2, -0.15) is 5.10 Å². The first-order valence-electron chi connectivity index (χ1n) is 10.4. The van der Waals surface area contributed by atoms with Crippen LogP contribution < -0.4 is 15.5 Å². The van der Waals surface area contributed by atoms with Crippen molar-refractivity contribution in [2.45, 2.75) is 38.8 Å². The summed E-state index contributed by atoms with van der Waals surface area (Å²) in [6.07, 6.45) is 4.09. The number of alkyl carbamates (subject to hydrolysis) is 1. The average molecular weight is 450 g/mol. The molecule has 33 heavy (non-hydrogen) atoms. The van der Waals surface area contributed by atoms with Gasteiger partial charge in [0.05, 0.1) is 12.5 Å². The first-order chi connectivity index (χ1) is 15.8. The number of hydrazone groups is 1. The third-order valence-corrected chi connectivity index (χ3v) is 4.23. The number of aromatic nitrogens is 2. The molecular formula is C24H27N5O4. The summed E-state index contributed by atoms with van der Waals surface area (Å²) >= 11 is 0. The first-order valence-corrected chi connectivity index (χ1v) is 10.4. The van der Waals surface area contributed by atoms with Crippen LogP contribution in [-0.2, 0) is 16.0 Å². The smallest absolute Gasteiger partial charge is 0.408 e. The summed E-state index contributed by atoms with van der Waals surface area (Å²) in [7, 11) is 0. The van der Waals surface area contributed by atoms with Crippen LogP contribution in [0.2, 0.25) is 0 Å². The van der Waals surface area contributed by atoms with Crippen LogP contribution >= 0.6 is 0 Å². The zero-order chi connectivity index (χ0) is 23.7. The summed E-state index contributed by atoms with van der Waals surface area (Å²) in [6, 6.07) is 15.8. The lowest BCUT2D eigenvalue weighted by Gasteiger charge is -2.22. The van der Waals surface area contributed by atoms with Gasteiger partial charge in [-0.25, -0.2) is 15.2 Å². The van der Waals surface area contributed by atoms with Crippen LogP contribution in [0.3, 0.4) is 0 Å². The molecule has 172 valence electrons. The molecule has 0 saturated carbocycles. The van der Waals surface area contributed by atoms with Gasteiger partial charge >= 0.3 is 6.09 Å². The summed E-state index contributed by atoms with van der Waals surface area (Å²) < 4.78 is 11.0. The minimum absolute atomic E-state index is 0.201. The number of ether oxygens (including phenoxy) is 2. The van der Waals surface area contributed by atoms with Crippen LogP contribution in [0.1, 0.15) is 32.0 Å². The van der Waals surface area contributed by atoms with Crippen LogP contribution in [0.5, 0.6) is 11.5 Å². The van der Waals surface area contributed by atoms with Gasteiger partial charge in [0.25, 0.3) is 5.91 Å². The largest absolute Gasteiger partial charge is 0.457 e. The summed E-state index contributed by atoms with van der Waals surface area (Å²) in [5.41, 5.74) is 3.22. The lowest BCUT2D eigenvalue weighted by atomic mass is 10.1. The Hall–Kier alpha value is -4.14. The monoisotopic (exact) mass is 449 g/mol. The van der Waals surface area contributed by atoms with E-state index in [9.17, 15) is 9.59 Å². The number of carbonyl (C=O) groups excluding carboxylic acids is 2. The molecule has 2 amide bonds. The van der Waals surface area contributed by atoms with Crippen LogP contribution in [0.15, 0.2) is 72.2 Å². The predicted molar refractivity (Wildman–Crippen MR) is 124 cm³/mol. The van der Waals surface area contributed by atoms with Gasteiger partial charge in [-0.3, -0.25) is 4.79 Å². The van der Waals surface area contributed by atoms with E-state index in [2.05, 4.69) is 25.8 Å². The summed E-state index contributed by atoms with van der Waals surface area (Å²) in [4.78, 5) is 31.7. The van der Waals surface area contributed by atoms with Crippen LogP contribution in [0, 0.1) is 0 Å². The Morgan fingerprint density at radius 1 is 1.09 bits per heavy atom. The molecule has 3 rings (SSSR count). The number of nitrogens with zero attached hydrogens (tertiary/aromatic N) is 2. The Balaban J connectivity index is 1.58. The molecule has 1 unspecified atom stereocenters. The van der Waals surface area contributed by atoms with E-state index in [-0.39, 0.29) is 6.42 Å². The van der Waals surface area contributed by atoms with Crippen molar-refractivity contribution in [3.05, 3.63) is 78.4 Å². The maximum atomic E-state index is 12.7. The zero-order valence-corrected chi connectivity index (χ0v) is 18.7. The van der Waals surface area contributed by atoms with Gasteiger partial charge in [0.1, 0.15) is 23.1 Å². The molecule has 9 nitrogen and oxygen atoms in total. The predicted octanol–water partition coefficient (Wildman–Crippen LogP) is 3.79. The summed E-state index contributed by atoms with van der Waals surface area (Å²) in [5, 5.41) is 6.58. The minimum atomic E-state index is -0.904. The van der Waals surface area contributed by atoms with Crippen molar-refractivity contribution < 1.29 is 19.1 Å². The Morgan fingerprint density at radius 3 is 2.42 bits per heavy atom. The quantitative estimate of drug-likeness (QED) is 0.357. The van der Waals surface area contributed by atoms with Crippen molar-refractivity contribution in [1.29, 1.82) is 0 Å². The molecule has 1 atom stereocenters. The van der Waals surface area contributed by atoms with Crippen LogP contribution in [0.25, 0.3) is 0 Å². The van der Waals surface area contributed by atoms with Gasteiger partial charge in [-0.05, 0) is 62.7 Å². The number of benzene rings is 2. The Bertz CT molecular complexity index is 1060. The zero-order valence-electron chi connectivity index (χ0n) is 18.7. The lowest BCUT2D eigenvalue weighted by Crippen LogP contribution is -2.48. The Kier molecular flexibility index (Phi) is 7.80. The number of para-hydroxylation sites is 1. The standard InChI is InChI=1S/C24H27N5O4/c1-24(2,3)33-23(31)28-21(13-18-15-25-16-26-18)22(30)29-27-14-17-9-11-20(12-10-17)32-19-7-5-4-6-8-19/h4-12,14-16,21H,13H2,1-3H3,(H,25,26)(H,28,31)(H,29,30).